The fourth-order valence-electron chi connectivity index (χ4n) is 3.77. The molecule has 0 atom stereocenters. The molecule has 0 saturated heterocycles. The summed E-state index contributed by atoms with van der Waals surface area (Å²) in [6, 6.07) is 14.9. The number of carbonyl (C=O) groups excluding carboxylic acids is 2. The summed E-state index contributed by atoms with van der Waals surface area (Å²) in [6.07, 6.45) is 0. The SMILES string of the molecule is Cc1cccc(C)c1NC(=O)CN(C)C(=O)CN(C)c1c(N)n(Cc2ccccc2)c(=O)[nH]c1=O. The second kappa shape index (κ2) is 10.7. The Labute approximate surface area is 203 Å². The number of nitrogen functional groups attached to an aromatic ring is 1. The van der Waals surface area contributed by atoms with E-state index in [9.17, 15) is 19.2 Å². The molecule has 10 heteroatoms. The van der Waals surface area contributed by atoms with E-state index < -0.39 is 17.2 Å². The summed E-state index contributed by atoms with van der Waals surface area (Å²) < 4.78 is 1.24. The Morgan fingerprint density at radius 1 is 0.971 bits per heavy atom. The number of H-pyrrole nitrogens is 1. The second-order valence-electron chi connectivity index (χ2n) is 8.49. The third-order valence-electron chi connectivity index (χ3n) is 5.70. The highest BCUT2D eigenvalue weighted by molar-refractivity contribution is 5.96. The van der Waals surface area contributed by atoms with Crippen molar-refractivity contribution in [3.05, 3.63) is 86.1 Å². The summed E-state index contributed by atoms with van der Waals surface area (Å²) in [6.45, 7) is 3.57. The van der Waals surface area contributed by atoms with Crippen LogP contribution in [0, 0.1) is 13.8 Å². The monoisotopic (exact) mass is 478 g/mol. The van der Waals surface area contributed by atoms with Gasteiger partial charge in [0, 0.05) is 19.8 Å². The van der Waals surface area contributed by atoms with Gasteiger partial charge in [0.2, 0.25) is 11.8 Å². The Hall–Kier alpha value is -4.34. The van der Waals surface area contributed by atoms with Crippen LogP contribution in [0.25, 0.3) is 0 Å². The van der Waals surface area contributed by atoms with E-state index in [4.69, 9.17) is 5.73 Å². The van der Waals surface area contributed by atoms with Crippen molar-refractivity contribution in [2.45, 2.75) is 20.4 Å². The minimum absolute atomic E-state index is 0.00210. The molecular weight excluding hydrogens is 448 g/mol. The minimum Gasteiger partial charge on any atom is -0.383 e. The number of amides is 2. The van der Waals surface area contributed by atoms with E-state index in [2.05, 4.69) is 10.3 Å². The number of aromatic amines is 1. The predicted molar refractivity (Wildman–Crippen MR) is 137 cm³/mol. The van der Waals surface area contributed by atoms with Gasteiger partial charge in [0.15, 0.2) is 0 Å². The van der Waals surface area contributed by atoms with Crippen LogP contribution in [0.2, 0.25) is 0 Å². The number of benzene rings is 2. The van der Waals surface area contributed by atoms with Crippen molar-refractivity contribution in [3.8, 4) is 0 Å². The van der Waals surface area contributed by atoms with Crippen molar-refractivity contribution < 1.29 is 9.59 Å². The third kappa shape index (κ3) is 5.97. The van der Waals surface area contributed by atoms with Crippen LogP contribution < -0.4 is 27.2 Å². The zero-order valence-corrected chi connectivity index (χ0v) is 20.3. The molecule has 0 aliphatic heterocycles. The topological polar surface area (TPSA) is 134 Å². The summed E-state index contributed by atoms with van der Waals surface area (Å²) in [7, 11) is 3.03. The number of anilines is 3. The Balaban J connectivity index is 1.71. The lowest BCUT2D eigenvalue weighted by Crippen LogP contribution is -2.43. The summed E-state index contributed by atoms with van der Waals surface area (Å²) in [5.41, 5.74) is 8.26. The molecule has 0 aliphatic rings. The van der Waals surface area contributed by atoms with Crippen molar-refractivity contribution in [2.24, 2.45) is 0 Å². The maximum atomic E-state index is 12.8. The lowest BCUT2D eigenvalue weighted by atomic mass is 10.1. The van der Waals surface area contributed by atoms with Crippen molar-refractivity contribution >= 4 is 29.0 Å². The summed E-state index contributed by atoms with van der Waals surface area (Å²) in [5.74, 6) is -0.785. The highest BCUT2D eigenvalue weighted by Crippen LogP contribution is 2.19. The van der Waals surface area contributed by atoms with Crippen LogP contribution in [0.5, 0.6) is 0 Å². The molecule has 3 aromatic rings. The molecule has 0 unspecified atom stereocenters. The highest BCUT2D eigenvalue weighted by atomic mass is 16.2. The molecule has 2 aromatic carbocycles. The molecular formula is C25H30N6O4. The summed E-state index contributed by atoms with van der Waals surface area (Å²) in [4.78, 5) is 55.1. The van der Waals surface area contributed by atoms with Crippen LogP contribution in [0.15, 0.2) is 58.1 Å². The van der Waals surface area contributed by atoms with Gasteiger partial charge in [-0.05, 0) is 30.5 Å². The minimum atomic E-state index is -0.692. The standard InChI is InChI=1S/C25H30N6O4/c1-16-9-8-10-17(2)21(16)27-19(32)14-29(3)20(33)15-30(4)22-23(26)31(25(35)28-24(22)34)13-18-11-6-5-7-12-18/h5-12H,13-15,26H2,1-4H3,(H,27,32)(H,28,34,35). The van der Waals surface area contributed by atoms with Gasteiger partial charge in [0.05, 0.1) is 19.6 Å². The first-order valence-corrected chi connectivity index (χ1v) is 11.1. The molecule has 0 spiro atoms. The van der Waals surface area contributed by atoms with Gasteiger partial charge in [-0.3, -0.25) is 23.9 Å². The highest BCUT2D eigenvalue weighted by Gasteiger charge is 2.21. The molecule has 10 nitrogen and oxygen atoms in total. The lowest BCUT2D eigenvalue weighted by Gasteiger charge is -2.24. The normalized spacial score (nSPS) is 10.6. The van der Waals surface area contributed by atoms with E-state index >= 15 is 0 Å². The maximum Gasteiger partial charge on any atom is 0.330 e. The van der Waals surface area contributed by atoms with Gasteiger partial charge in [0.1, 0.15) is 11.5 Å². The van der Waals surface area contributed by atoms with Gasteiger partial charge in [-0.1, -0.05) is 48.5 Å². The molecule has 3 rings (SSSR count). The van der Waals surface area contributed by atoms with Gasteiger partial charge in [-0.2, -0.15) is 0 Å². The van der Waals surface area contributed by atoms with Crippen LogP contribution in [-0.4, -0.2) is 53.5 Å². The Morgan fingerprint density at radius 2 is 1.60 bits per heavy atom. The number of likely N-dealkylation sites (N-methyl/N-ethyl adjacent to an activating group) is 2. The Bertz CT molecular complexity index is 1330. The van der Waals surface area contributed by atoms with E-state index in [1.54, 1.807) is 0 Å². The van der Waals surface area contributed by atoms with Gasteiger partial charge in [0.25, 0.3) is 5.56 Å². The van der Waals surface area contributed by atoms with Crippen molar-refractivity contribution in [1.29, 1.82) is 0 Å². The van der Waals surface area contributed by atoms with Crippen LogP contribution >= 0.6 is 0 Å². The fourth-order valence-corrected chi connectivity index (χ4v) is 3.77. The fraction of sp³-hybridized carbons (Fsp3) is 0.280. The van der Waals surface area contributed by atoms with Gasteiger partial charge in [-0.25, -0.2) is 4.79 Å². The molecule has 35 heavy (non-hydrogen) atoms. The molecule has 1 aromatic heterocycles. The molecule has 0 bridgehead atoms. The van der Waals surface area contributed by atoms with Crippen LogP contribution in [0.1, 0.15) is 16.7 Å². The largest absolute Gasteiger partial charge is 0.383 e. The van der Waals surface area contributed by atoms with E-state index in [1.807, 2.05) is 62.4 Å². The number of hydrogen-bond donors (Lipinski definition) is 3. The quantitative estimate of drug-likeness (QED) is 0.447. The average molecular weight is 479 g/mol. The molecule has 0 aliphatic carbocycles. The number of aromatic nitrogens is 2. The first kappa shape index (κ1) is 25.3. The van der Waals surface area contributed by atoms with E-state index in [0.717, 1.165) is 22.4 Å². The number of aryl methyl sites for hydroxylation is 2. The molecule has 184 valence electrons. The van der Waals surface area contributed by atoms with E-state index in [1.165, 1.54) is 28.5 Å². The molecule has 0 fully saturated rings. The number of nitrogens with zero attached hydrogens (tertiary/aromatic N) is 3. The predicted octanol–water partition coefficient (Wildman–Crippen LogP) is 1.32. The molecule has 4 N–H and O–H groups in total. The number of rotatable bonds is 8. The zero-order chi connectivity index (χ0) is 25.7. The summed E-state index contributed by atoms with van der Waals surface area (Å²) >= 11 is 0. The number of hydrogen-bond acceptors (Lipinski definition) is 6. The first-order chi connectivity index (χ1) is 16.6. The molecule has 0 saturated carbocycles. The van der Waals surface area contributed by atoms with Crippen LogP contribution in [-0.2, 0) is 16.1 Å². The van der Waals surface area contributed by atoms with Crippen molar-refractivity contribution in [2.75, 3.05) is 43.1 Å². The molecule has 0 radical (unpaired) electrons. The smallest absolute Gasteiger partial charge is 0.330 e. The first-order valence-electron chi connectivity index (χ1n) is 11.1. The molecule has 2 amide bonds. The average Bonchev–Trinajstić information content (AvgIpc) is 2.79. The van der Waals surface area contributed by atoms with Gasteiger partial charge < -0.3 is 20.9 Å². The van der Waals surface area contributed by atoms with Gasteiger partial charge in [-0.15, -0.1) is 0 Å². The Morgan fingerprint density at radius 3 is 2.23 bits per heavy atom. The third-order valence-corrected chi connectivity index (χ3v) is 5.70. The van der Waals surface area contributed by atoms with E-state index in [0.29, 0.717) is 0 Å². The lowest BCUT2D eigenvalue weighted by molar-refractivity contribution is -0.132. The summed E-state index contributed by atoms with van der Waals surface area (Å²) in [5, 5.41) is 2.84. The number of para-hydroxylation sites is 1. The number of nitrogens with one attached hydrogen (secondary N) is 2. The van der Waals surface area contributed by atoms with E-state index in [-0.39, 0.29) is 37.0 Å². The van der Waals surface area contributed by atoms with Crippen LogP contribution in [0.3, 0.4) is 0 Å². The van der Waals surface area contributed by atoms with Crippen molar-refractivity contribution in [3.63, 3.8) is 0 Å². The van der Waals surface area contributed by atoms with Crippen LogP contribution in [0.4, 0.5) is 17.2 Å². The van der Waals surface area contributed by atoms with Crippen molar-refractivity contribution in [1.82, 2.24) is 14.5 Å². The maximum absolute atomic E-state index is 12.8. The molecule has 1 heterocycles. The Kier molecular flexibility index (Phi) is 7.75. The zero-order valence-electron chi connectivity index (χ0n) is 20.3. The number of carbonyl (C=O) groups is 2. The number of nitrogens with two attached hydrogens (primary N) is 1. The van der Waals surface area contributed by atoms with Gasteiger partial charge >= 0.3 is 5.69 Å². The second-order valence-corrected chi connectivity index (χ2v) is 8.49.